The Balaban J connectivity index is 1.86. The molecule has 0 aliphatic heterocycles. The van der Waals surface area contributed by atoms with Gasteiger partial charge in [0.2, 0.25) is 0 Å². The van der Waals surface area contributed by atoms with Crippen LogP contribution in [-0.2, 0) is 4.84 Å². The minimum absolute atomic E-state index is 0.104. The highest BCUT2D eigenvalue weighted by Gasteiger charge is 2.25. The average Bonchev–Trinajstić information content (AvgIpc) is 3.12. The van der Waals surface area contributed by atoms with Crippen molar-refractivity contribution < 1.29 is 28.8 Å². The third-order valence-corrected chi connectivity index (χ3v) is 4.47. The molecule has 0 saturated carbocycles. The van der Waals surface area contributed by atoms with Crippen molar-refractivity contribution in [3.63, 3.8) is 0 Å². The molecule has 0 aliphatic carbocycles. The van der Waals surface area contributed by atoms with Gasteiger partial charge in [-0.15, -0.1) is 0 Å². The van der Waals surface area contributed by atoms with Crippen LogP contribution in [0.1, 0.15) is 21.7 Å². The molecule has 0 unspecified atom stereocenters. The first-order valence-corrected chi connectivity index (χ1v) is 8.87. The van der Waals surface area contributed by atoms with Crippen LogP contribution in [0.4, 0.5) is 0 Å². The van der Waals surface area contributed by atoms with Crippen molar-refractivity contribution in [1.29, 1.82) is 0 Å². The van der Waals surface area contributed by atoms with E-state index in [2.05, 4.69) is 10.3 Å². The molecule has 0 aliphatic rings. The number of amidine groups is 1. The van der Waals surface area contributed by atoms with Crippen LogP contribution in [0.15, 0.2) is 47.0 Å². The number of hydrogen-bond acceptors (Lipinski definition) is 6. The number of nitrogen functional groups attached to an aromatic ring is 1. The van der Waals surface area contributed by atoms with Gasteiger partial charge in [-0.1, -0.05) is 40.1 Å². The summed E-state index contributed by atoms with van der Waals surface area (Å²) in [5, 5.41) is 6.81. The Bertz CT molecular complexity index is 1080. The molecule has 3 aromatic rings. The molecule has 8 nitrogen and oxygen atoms in total. The predicted octanol–water partition coefficient (Wildman–Crippen LogP) is 1.88. The van der Waals surface area contributed by atoms with Crippen molar-refractivity contribution >= 4 is 23.4 Å². The molecule has 0 radical (unpaired) electrons. The zero-order valence-corrected chi connectivity index (χ0v) is 16.7. The highest BCUT2D eigenvalue weighted by atomic mass is 35.5. The number of carbonyl (C=O) groups excluding carboxylic acids is 1. The zero-order valence-electron chi connectivity index (χ0n) is 16.0. The number of aryl methyl sites for hydroxylation is 1. The van der Waals surface area contributed by atoms with Gasteiger partial charge in [-0.2, -0.15) is 0 Å². The van der Waals surface area contributed by atoms with Gasteiger partial charge in [0.15, 0.2) is 11.5 Å². The summed E-state index contributed by atoms with van der Waals surface area (Å²) in [4.78, 5) is 17.8. The average molecular weight is 417 g/mol. The fourth-order valence-electron chi connectivity index (χ4n) is 2.66. The molecular weight excluding hydrogens is 398 g/mol. The first kappa shape index (κ1) is 20.2. The first-order valence-electron chi connectivity index (χ1n) is 8.49. The molecular formula is C20H19ClN3O5+. The Morgan fingerprint density at radius 2 is 1.86 bits per heavy atom. The van der Waals surface area contributed by atoms with Gasteiger partial charge in [-0.3, -0.25) is 10.6 Å². The van der Waals surface area contributed by atoms with E-state index in [1.807, 2.05) is 0 Å². The summed E-state index contributed by atoms with van der Waals surface area (Å²) in [6.07, 6.45) is 0. The van der Waals surface area contributed by atoms with Crippen LogP contribution in [0.2, 0.25) is 5.02 Å². The number of aromatic nitrogens is 1. The number of nitrogens with one attached hydrogen (secondary N) is 1. The monoisotopic (exact) mass is 416 g/mol. The van der Waals surface area contributed by atoms with E-state index in [9.17, 15) is 4.79 Å². The second-order valence-corrected chi connectivity index (χ2v) is 6.32. The Kier molecular flexibility index (Phi) is 6.04. The fraction of sp³-hybridized carbons (Fsp3) is 0.150. The normalized spacial score (nSPS) is 11.2. The van der Waals surface area contributed by atoms with E-state index in [1.165, 1.54) is 14.2 Å². The highest BCUT2D eigenvalue weighted by Crippen LogP contribution is 2.31. The Labute approximate surface area is 171 Å². The first-order chi connectivity index (χ1) is 14.0. The van der Waals surface area contributed by atoms with E-state index < -0.39 is 5.97 Å². The lowest BCUT2D eigenvalue weighted by Crippen LogP contribution is -2.75. The van der Waals surface area contributed by atoms with Crippen molar-refractivity contribution in [1.82, 2.24) is 5.16 Å². The van der Waals surface area contributed by atoms with Gasteiger partial charge in [0.1, 0.15) is 17.0 Å². The van der Waals surface area contributed by atoms with Crippen molar-refractivity contribution in [2.24, 2.45) is 5.73 Å². The molecule has 0 atom stereocenters. The second-order valence-electron chi connectivity index (χ2n) is 5.92. The third-order valence-electron chi connectivity index (χ3n) is 4.14. The van der Waals surface area contributed by atoms with Crippen molar-refractivity contribution in [2.75, 3.05) is 14.2 Å². The zero-order chi connectivity index (χ0) is 21.0. The number of nitrogens with two attached hydrogens (primary N) is 1. The van der Waals surface area contributed by atoms with Crippen LogP contribution in [0.3, 0.4) is 0 Å². The maximum atomic E-state index is 12.6. The summed E-state index contributed by atoms with van der Waals surface area (Å²) in [5.41, 5.74) is 7.52. The van der Waals surface area contributed by atoms with Crippen LogP contribution in [0.25, 0.3) is 11.3 Å². The smallest absolute Gasteiger partial charge is 0.393 e. The summed E-state index contributed by atoms with van der Waals surface area (Å²) >= 11 is 6.21. The third kappa shape index (κ3) is 4.17. The van der Waals surface area contributed by atoms with Crippen molar-refractivity contribution in [3.8, 4) is 22.8 Å². The van der Waals surface area contributed by atoms with E-state index >= 15 is 0 Å². The number of carbonyl (C=O) groups is 1. The summed E-state index contributed by atoms with van der Waals surface area (Å²) in [6, 6.07) is 12.0. The summed E-state index contributed by atoms with van der Waals surface area (Å²) in [5.74, 6) is 0.702. The van der Waals surface area contributed by atoms with Gasteiger partial charge < -0.3 is 14.0 Å². The Morgan fingerprint density at radius 1 is 1.14 bits per heavy atom. The fourth-order valence-corrected chi connectivity index (χ4v) is 2.89. The molecule has 3 rings (SSSR count). The summed E-state index contributed by atoms with van der Waals surface area (Å²) < 4.78 is 15.6. The lowest BCUT2D eigenvalue weighted by Gasteiger charge is -2.07. The minimum Gasteiger partial charge on any atom is -0.493 e. The predicted molar refractivity (Wildman–Crippen MR) is 106 cm³/mol. The molecule has 0 spiro atoms. The van der Waals surface area contributed by atoms with Crippen LogP contribution in [0.5, 0.6) is 11.5 Å². The van der Waals surface area contributed by atoms with Gasteiger partial charge in [-0.25, -0.2) is 4.79 Å². The van der Waals surface area contributed by atoms with E-state index in [0.29, 0.717) is 27.6 Å². The number of rotatable bonds is 6. The van der Waals surface area contributed by atoms with E-state index in [1.54, 1.807) is 49.4 Å². The van der Waals surface area contributed by atoms with Crippen LogP contribution < -0.4 is 20.4 Å². The molecule has 150 valence electrons. The largest absolute Gasteiger partial charge is 0.493 e. The topological polar surface area (TPSA) is 111 Å². The second kappa shape index (κ2) is 8.66. The molecule has 1 heterocycles. The van der Waals surface area contributed by atoms with E-state index in [4.69, 9.17) is 36.2 Å². The van der Waals surface area contributed by atoms with E-state index in [-0.39, 0.29) is 22.9 Å². The molecule has 0 saturated heterocycles. The number of benzene rings is 2. The van der Waals surface area contributed by atoms with Gasteiger partial charge in [0.25, 0.3) is 0 Å². The van der Waals surface area contributed by atoms with Crippen LogP contribution >= 0.6 is 11.6 Å². The number of nitrogens with zero attached hydrogens (tertiary/aromatic N) is 1. The lowest BCUT2D eigenvalue weighted by molar-refractivity contribution is -0.721. The Hall–Kier alpha value is -3.52. The highest BCUT2D eigenvalue weighted by molar-refractivity contribution is 6.33. The minimum atomic E-state index is -0.720. The summed E-state index contributed by atoms with van der Waals surface area (Å²) in [7, 11) is 3.04. The van der Waals surface area contributed by atoms with Gasteiger partial charge in [0, 0.05) is 5.56 Å². The number of ether oxygens (including phenoxy) is 2. The van der Waals surface area contributed by atoms with Crippen molar-refractivity contribution in [3.05, 3.63) is 64.4 Å². The molecule has 2 aromatic carbocycles. The van der Waals surface area contributed by atoms with Gasteiger partial charge >= 0.3 is 11.8 Å². The standard InChI is InChI=1S/C20H18ClN3O5/c1-11-17(18(23-28-11)13-6-4-5-7-14(13)21)20(25)29-24-19(22)12-8-9-15(26-2)16(10-12)27-3/h4-10H,1-3H3,(H2,22,24)/p+1. The van der Waals surface area contributed by atoms with Crippen molar-refractivity contribution in [2.45, 2.75) is 6.92 Å². The quantitative estimate of drug-likeness (QED) is 0.273. The lowest BCUT2D eigenvalue weighted by atomic mass is 10.1. The van der Waals surface area contributed by atoms with E-state index in [0.717, 1.165) is 0 Å². The number of hydrogen-bond donors (Lipinski definition) is 2. The Morgan fingerprint density at radius 3 is 2.55 bits per heavy atom. The maximum Gasteiger partial charge on any atom is 0.393 e. The van der Waals surface area contributed by atoms with Crippen LogP contribution in [-0.4, -0.2) is 31.2 Å². The number of halogens is 1. The molecule has 0 fully saturated rings. The molecule has 1 aromatic heterocycles. The number of methoxy groups -OCH3 is 2. The molecule has 3 N–H and O–H groups in total. The SMILES string of the molecule is COc1ccc(C(N)=[NH+]OC(=O)c2c(-c3ccccc3Cl)noc2C)cc1OC. The summed E-state index contributed by atoms with van der Waals surface area (Å²) in [6.45, 7) is 1.60. The molecule has 9 heteroatoms. The molecule has 0 amide bonds. The van der Waals surface area contributed by atoms with Gasteiger partial charge in [0.05, 0.1) is 24.8 Å². The maximum absolute atomic E-state index is 12.6. The van der Waals surface area contributed by atoms with Gasteiger partial charge in [-0.05, 0) is 31.2 Å². The van der Waals surface area contributed by atoms with Crippen LogP contribution in [0, 0.1) is 6.92 Å². The molecule has 29 heavy (non-hydrogen) atoms. The molecule has 0 bridgehead atoms.